The van der Waals surface area contributed by atoms with E-state index in [9.17, 15) is 4.79 Å². The van der Waals surface area contributed by atoms with Crippen LogP contribution in [-0.2, 0) is 0 Å². The second-order valence-electron chi connectivity index (χ2n) is 6.02. The number of anilines is 1. The van der Waals surface area contributed by atoms with Crippen LogP contribution in [0, 0.1) is 11.3 Å². The van der Waals surface area contributed by atoms with E-state index in [1.807, 2.05) is 18.0 Å². The predicted octanol–water partition coefficient (Wildman–Crippen LogP) is 1.73. The third-order valence-electron chi connectivity index (χ3n) is 4.71. The summed E-state index contributed by atoms with van der Waals surface area (Å²) in [5.74, 6) is 0.659. The Hall–Kier alpha value is -2.07. The summed E-state index contributed by atoms with van der Waals surface area (Å²) in [6.07, 6.45) is 3.54. The number of carbonyl (C=O) groups is 1. The quantitative estimate of drug-likeness (QED) is 0.823. The Bertz CT molecular complexity index is 660. The lowest BCUT2D eigenvalue weighted by Gasteiger charge is -2.43. The van der Waals surface area contributed by atoms with Crippen molar-refractivity contribution in [3.63, 3.8) is 0 Å². The van der Waals surface area contributed by atoms with Crippen LogP contribution in [0.4, 0.5) is 10.6 Å². The number of urea groups is 1. The Labute approximate surface area is 140 Å². The van der Waals surface area contributed by atoms with Gasteiger partial charge in [-0.15, -0.1) is 0 Å². The molecule has 1 aromatic rings. The fourth-order valence-corrected chi connectivity index (χ4v) is 3.59. The van der Waals surface area contributed by atoms with E-state index in [1.165, 1.54) is 0 Å². The molecule has 0 aromatic carbocycles. The summed E-state index contributed by atoms with van der Waals surface area (Å²) in [6.45, 7) is 4.47. The van der Waals surface area contributed by atoms with Gasteiger partial charge in [0.1, 0.15) is 11.9 Å². The van der Waals surface area contributed by atoms with Gasteiger partial charge in [0.25, 0.3) is 0 Å². The topological polar surface area (TPSA) is 76.4 Å². The van der Waals surface area contributed by atoms with E-state index >= 15 is 0 Å². The van der Waals surface area contributed by atoms with Crippen LogP contribution in [0.15, 0.2) is 6.20 Å². The Kier molecular flexibility index (Phi) is 4.26. The third kappa shape index (κ3) is 2.79. The molecule has 0 bridgehead atoms. The minimum Gasteiger partial charge on any atom is -0.351 e. The van der Waals surface area contributed by atoms with Crippen molar-refractivity contribution in [3.8, 4) is 6.07 Å². The maximum atomic E-state index is 12.3. The van der Waals surface area contributed by atoms with Crippen LogP contribution < -0.4 is 4.90 Å². The first kappa shape index (κ1) is 15.8. The van der Waals surface area contributed by atoms with Gasteiger partial charge < -0.3 is 14.7 Å². The third-order valence-corrected chi connectivity index (χ3v) is 4.98. The van der Waals surface area contributed by atoms with Crippen molar-refractivity contribution in [3.05, 3.63) is 17.0 Å². The van der Waals surface area contributed by atoms with Gasteiger partial charge in [-0.3, -0.25) is 0 Å². The number of nitriles is 1. The maximum absolute atomic E-state index is 12.3. The highest BCUT2D eigenvalue weighted by molar-refractivity contribution is 6.30. The molecule has 2 fully saturated rings. The fraction of sp³-hybridized carbons (Fsp3) is 0.600. The van der Waals surface area contributed by atoms with Crippen molar-refractivity contribution in [2.75, 3.05) is 31.6 Å². The molecule has 0 N–H and O–H groups in total. The molecule has 0 radical (unpaired) electrons. The molecule has 7 nitrogen and oxygen atoms in total. The first-order valence-corrected chi connectivity index (χ1v) is 8.11. The fourth-order valence-electron chi connectivity index (χ4n) is 3.41. The van der Waals surface area contributed by atoms with E-state index in [-0.39, 0.29) is 29.0 Å². The molecule has 2 atom stereocenters. The van der Waals surface area contributed by atoms with Crippen molar-refractivity contribution in [1.82, 2.24) is 19.8 Å². The van der Waals surface area contributed by atoms with E-state index in [4.69, 9.17) is 16.9 Å². The molecule has 3 heterocycles. The van der Waals surface area contributed by atoms with E-state index in [0.717, 1.165) is 32.5 Å². The molecule has 3 rings (SSSR count). The van der Waals surface area contributed by atoms with E-state index < -0.39 is 0 Å². The summed E-state index contributed by atoms with van der Waals surface area (Å²) in [5, 5.41) is 9.03. The lowest BCUT2D eigenvalue weighted by atomic mass is 9.96. The molecule has 2 saturated heterocycles. The van der Waals surface area contributed by atoms with Gasteiger partial charge in [0.15, 0.2) is 10.8 Å². The molecule has 2 aliphatic heterocycles. The summed E-state index contributed by atoms with van der Waals surface area (Å²) >= 11 is 6.01. The average molecular weight is 335 g/mol. The molecular weight excluding hydrogens is 316 g/mol. The summed E-state index contributed by atoms with van der Waals surface area (Å²) in [7, 11) is 1.83. The maximum Gasteiger partial charge on any atom is 0.320 e. The van der Waals surface area contributed by atoms with Gasteiger partial charge in [-0.2, -0.15) is 5.26 Å². The highest BCUT2D eigenvalue weighted by atomic mass is 35.5. The lowest BCUT2D eigenvalue weighted by molar-refractivity contribution is 0.162. The standard InChI is InChI=1S/C15H19ClN6O/c1-10-12(22-7-6-20(2)15(22)23)4-3-5-21(10)13-9-18-11(8-17)14(16)19-13/h9-10,12H,3-7H2,1-2H3/t10-,12-/m1/s1. The monoisotopic (exact) mass is 334 g/mol. The molecular formula is C15H19ClN6O. The Balaban J connectivity index is 1.83. The number of halogens is 1. The van der Waals surface area contributed by atoms with Crippen LogP contribution in [0.1, 0.15) is 25.5 Å². The number of aromatic nitrogens is 2. The number of nitrogens with zero attached hydrogens (tertiary/aromatic N) is 6. The van der Waals surface area contributed by atoms with Gasteiger partial charge in [-0.1, -0.05) is 11.6 Å². The average Bonchev–Trinajstić information content (AvgIpc) is 2.87. The largest absolute Gasteiger partial charge is 0.351 e. The van der Waals surface area contributed by atoms with Crippen molar-refractivity contribution >= 4 is 23.4 Å². The van der Waals surface area contributed by atoms with Gasteiger partial charge in [0, 0.05) is 32.7 Å². The normalized spacial score (nSPS) is 25.0. The van der Waals surface area contributed by atoms with E-state index in [0.29, 0.717) is 5.82 Å². The molecule has 0 spiro atoms. The zero-order valence-electron chi connectivity index (χ0n) is 13.2. The highest BCUT2D eigenvalue weighted by Crippen LogP contribution is 2.29. The number of hydrogen-bond donors (Lipinski definition) is 0. The molecule has 122 valence electrons. The van der Waals surface area contributed by atoms with Crippen LogP contribution in [0.25, 0.3) is 0 Å². The number of piperidine rings is 1. The van der Waals surface area contributed by atoms with Crippen LogP contribution in [-0.4, -0.2) is 64.6 Å². The summed E-state index contributed by atoms with van der Waals surface area (Å²) in [4.78, 5) is 26.5. The molecule has 0 aliphatic carbocycles. The van der Waals surface area contributed by atoms with Gasteiger partial charge >= 0.3 is 6.03 Å². The van der Waals surface area contributed by atoms with Crippen molar-refractivity contribution < 1.29 is 4.79 Å². The van der Waals surface area contributed by atoms with Gasteiger partial charge in [0.05, 0.1) is 12.2 Å². The number of rotatable bonds is 2. The lowest BCUT2D eigenvalue weighted by Crippen LogP contribution is -2.55. The van der Waals surface area contributed by atoms with Crippen LogP contribution in [0.2, 0.25) is 5.15 Å². The molecule has 2 amide bonds. The molecule has 23 heavy (non-hydrogen) atoms. The molecule has 1 aromatic heterocycles. The zero-order valence-corrected chi connectivity index (χ0v) is 14.0. The zero-order chi connectivity index (χ0) is 16.6. The van der Waals surface area contributed by atoms with E-state index in [1.54, 1.807) is 11.1 Å². The first-order valence-electron chi connectivity index (χ1n) is 7.74. The summed E-state index contributed by atoms with van der Waals surface area (Å²) < 4.78 is 0. The van der Waals surface area contributed by atoms with Gasteiger partial charge in [-0.05, 0) is 19.8 Å². The molecule has 0 saturated carbocycles. The predicted molar refractivity (Wildman–Crippen MR) is 86.3 cm³/mol. The molecule has 0 unspecified atom stereocenters. The van der Waals surface area contributed by atoms with Crippen LogP contribution in [0.5, 0.6) is 0 Å². The molecule has 2 aliphatic rings. The van der Waals surface area contributed by atoms with Gasteiger partial charge in [0.2, 0.25) is 0 Å². The highest BCUT2D eigenvalue weighted by Gasteiger charge is 2.39. The van der Waals surface area contributed by atoms with Crippen LogP contribution in [0.3, 0.4) is 0 Å². The Morgan fingerprint density at radius 3 is 2.74 bits per heavy atom. The Morgan fingerprint density at radius 1 is 1.35 bits per heavy atom. The SMILES string of the molecule is C[C@@H]1[C@H](N2CCN(C)C2=O)CCCN1c1cnc(C#N)c(Cl)n1. The van der Waals surface area contributed by atoms with Crippen molar-refractivity contribution in [2.24, 2.45) is 0 Å². The van der Waals surface area contributed by atoms with Crippen molar-refractivity contribution in [2.45, 2.75) is 31.8 Å². The second kappa shape index (κ2) is 6.20. The molecule has 8 heteroatoms. The number of likely N-dealkylation sites (N-methyl/N-ethyl adjacent to an activating group) is 1. The van der Waals surface area contributed by atoms with Crippen LogP contribution >= 0.6 is 11.6 Å². The summed E-state index contributed by atoms with van der Waals surface area (Å²) in [5.41, 5.74) is 0.132. The smallest absolute Gasteiger partial charge is 0.320 e. The van der Waals surface area contributed by atoms with Crippen molar-refractivity contribution in [1.29, 1.82) is 5.26 Å². The number of hydrogen-bond acceptors (Lipinski definition) is 5. The number of amides is 2. The number of carbonyl (C=O) groups excluding carboxylic acids is 1. The van der Waals surface area contributed by atoms with E-state index in [2.05, 4.69) is 21.8 Å². The minimum absolute atomic E-state index is 0.0904. The summed E-state index contributed by atoms with van der Waals surface area (Å²) in [6, 6.07) is 2.28. The minimum atomic E-state index is 0.0904. The Morgan fingerprint density at radius 2 is 2.13 bits per heavy atom. The first-order chi connectivity index (χ1) is 11.0. The van der Waals surface area contributed by atoms with Gasteiger partial charge in [-0.25, -0.2) is 14.8 Å². The second-order valence-corrected chi connectivity index (χ2v) is 6.38.